The van der Waals surface area contributed by atoms with Crippen LogP contribution in [-0.2, 0) is 6.61 Å². The molecule has 0 unspecified atom stereocenters. The predicted octanol–water partition coefficient (Wildman–Crippen LogP) is 5.04. The number of aromatic carboxylic acids is 1. The number of carboxylic acids is 1. The number of nitrogens with zero attached hydrogens (tertiary/aromatic N) is 2. The van der Waals surface area contributed by atoms with Crippen molar-refractivity contribution in [3.63, 3.8) is 0 Å². The van der Waals surface area contributed by atoms with Gasteiger partial charge in [-0.3, -0.25) is 14.9 Å². The average Bonchev–Trinajstić information content (AvgIpc) is 3.31. The molecule has 0 radical (unpaired) electrons. The highest BCUT2D eigenvalue weighted by Crippen LogP contribution is 2.36. The monoisotopic (exact) mass is 523 g/mol. The number of furan rings is 1. The van der Waals surface area contributed by atoms with Crippen LogP contribution in [0.5, 0.6) is 11.5 Å². The van der Waals surface area contributed by atoms with Gasteiger partial charge < -0.3 is 19.0 Å². The van der Waals surface area contributed by atoms with Gasteiger partial charge in [0.25, 0.3) is 5.69 Å². The van der Waals surface area contributed by atoms with Gasteiger partial charge in [-0.1, -0.05) is 23.7 Å². The number of carbonyl (C=O) groups is 2. The number of hydrogen-bond acceptors (Lipinski definition) is 8. The molecule has 3 aromatic carbocycles. The zero-order chi connectivity index (χ0) is 26.5. The molecule has 11 nitrogen and oxygen atoms in total. The van der Waals surface area contributed by atoms with E-state index < -0.39 is 16.8 Å². The smallest absolute Gasteiger partial charge is 0.335 e. The van der Waals surface area contributed by atoms with E-state index in [0.29, 0.717) is 27.8 Å². The van der Waals surface area contributed by atoms with Gasteiger partial charge in [-0.15, -0.1) is 0 Å². The molecule has 0 fully saturated rings. The molecule has 12 heteroatoms. The summed E-state index contributed by atoms with van der Waals surface area (Å²) in [7, 11) is 1.43. The lowest BCUT2D eigenvalue weighted by atomic mass is 10.1. The van der Waals surface area contributed by atoms with Crippen molar-refractivity contribution in [2.45, 2.75) is 6.61 Å². The number of carbonyl (C=O) groups excluding carboxylic acids is 1. The van der Waals surface area contributed by atoms with Gasteiger partial charge in [-0.25, -0.2) is 10.2 Å². The Morgan fingerprint density at radius 2 is 2.00 bits per heavy atom. The molecule has 1 amide bonds. The lowest BCUT2D eigenvalue weighted by molar-refractivity contribution is -0.384. The van der Waals surface area contributed by atoms with Crippen molar-refractivity contribution >= 4 is 46.3 Å². The van der Waals surface area contributed by atoms with Gasteiger partial charge in [0, 0.05) is 17.5 Å². The molecule has 4 rings (SSSR count). The second kappa shape index (κ2) is 10.8. The fraction of sp³-hybridized carbons (Fsp3) is 0.0800. The van der Waals surface area contributed by atoms with E-state index in [4.69, 9.17) is 30.6 Å². The molecular weight excluding hydrogens is 506 g/mol. The zero-order valence-corrected chi connectivity index (χ0v) is 19.9. The first-order valence-electron chi connectivity index (χ1n) is 10.6. The van der Waals surface area contributed by atoms with Crippen LogP contribution in [0.4, 0.5) is 5.69 Å². The summed E-state index contributed by atoms with van der Waals surface area (Å²) in [6.45, 7) is 0.0569. The van der Waals surface area contributed by atoms with E-state index in [0.717, 1.165) is 0 Å². The molecule has 0 saturated carbocycles. The normalized spacial score (nSPS) is 11.0. The minimum atomic E-state index is -1.04. The van der Waals surface area contributed by atoms with Crippen LogP contribution in [0.3, 0.4) is 0 Å². The van der Waals surface area contributed by atoms with Gasteiger partial charge in [0.2, 0.25) is 0 Å². The Balaban J connectivity index is 1.44. The van der Waals surface area contributed by atoms with Crippen molar-refractivity contribution in [3.05, 3.63) is 98.3 Å². The van der Waals surface area contributed by atoms with Gasteiger partial charge in [0.15, 0.2) is 17.3 Å². The van der Waals surface area contributed by atoms with Crippen molar-refractivity contribution < 1.29 is 33.5 Å². The number of hydrogen-bond donors (Lipinski definition) is 2. The standard InChI is InChI=1S/C25H18ClN3O8/c1-35-21-9-15(8-19(26)23(21)36-13-14-3-2-4-16(7-14)25(31)32)12-27-28-24(30)22-11-17-10-18(29(33)34)5-6-20(17)37-22/h2-12H,13H2,1H3,(H,28,30)(H,31,32)/b27-12-. The summed E-state index contributed by atoms with van der Waals surface area (Å²) < 4.78 is 16.6. The highest BCUT2D eigenvalue weighted by Gasteiger charge is 2.15. The van der Waals surface area contributed by atoms with Gasteiger partial charge in [-0.2, -0.15) is 5.10 Å². The largest absolute Gasteiger partial charge is 0.493 e. The number of methoxy groups -OCH3 is 1. The fourth-order valence-electron chi connectivity index (χ4n) is 3.38. The number of ether oxygens (including phenoxy) is 2. The predicted molar refractivity (Wildman–Crippen MR) is 134 cm³/mol. The second-order valence-corrected chi connectivity index (χ2v) is 8.02. The summed E-state index contributed by atoms with van der Waals surface area (Å²) in [5.41, 5.74) is 3.77. The van der Waals surface area contributed by atoms with Gasteiger partial charge >= 0.3 is 11.9 Å². The molecule has 0 saturated heterocycles. The van der Waals surface area contributed by atoms with E-state index in [2.05, 4.69) is 10.5 Å². The van der Waals surface area contributed by atoms with E-state index in [1.807, 2.05) is 0 Å². The molecule has 0 bridgehead atoms. The molecule has 0 aliphatic carbocycles. The lowest BCUT2D eigenvalue weighted by Crippen LogP contribution is -2.16. The first kappa shape index (κ1) is 25.2. The number of rotatable bonds is 9. The summed E-state index contributed by atoms with van der Waals surface area (Å²) in [5.74, 6) is -1.22. The molecule has 188 valence electrons. The van der Waals surface area contributed by atoms with E-state index in [-0.39, 0.29) is 34.4 Å². The lowest BCUT2D eigenvalue weighted by Gasteiger charge is -2.13. The Kier molecular flexibility index (Phi) is 7.35. The minimum Gasteiger partial charge on any atom is -0.493 e. The van der Waals surface area contributed by atoms with Gasteiger partial charge in [0.1, 0.15) is 12.2 Å². The topological polar surface area (TPSA) is 154 Å². The number of benzene rings is 3. The third-order valence-electron chi connectivity index (χ3n) is 5.12. The molecule has 0 aliphatic rings. The van der Waals surface area contributed by atoms with Crippen LogP contribution in [0.1, 0.15) is 32.0 Å². The molecular formula is C25H18ClN3O8. The first-order valence-corrected chi connectivity index (χ1v) is 11.0. The van der Waals surface area contributed by atoms with Crippen LogP contribution < -0.4 is 14.9 Å². The average molecular weight is 524 g/mol. The number of nitro groups is 1. The molecule has 2 N–H and O–H groups in total. The highest BCUT2D eigenvalue weighted by atomic mass is 35.5. The summed E-state index contributed by atoms with van der Waals surface area (Å²) in [5, 5.41) is 24.6. The van der Waals surface area contributed by atoms with E-state index in [1.54, 1.807) is 24.3 Å². The Labute approximate surface area is 214 Å². The molecule has 0 atom stereocenters. The van der Waals surface area contributed by atoms with Crippen LogP contribution >= 0.6 is 11.6 Å². The van der Waals surface area contributed by atoms with E-state index in [1.165, 1.54) is 49.7 Å². The third-order valence-corrected chi connectivity index (χ3v) is 5.40. The maximum Gasteiger partial charge on any atom is 0.335 e. The van der Waals surface area contributed by atoms with Gasteiger partial charge in [-0.05, 0) is 47.5 Å². The Bertz CT molecular complexity index is 1550. The maximum absolute atomic E-state index is 12.4. The van der Waals surface area contributed by atoms with Crippen molar-refractivity contribution in [2.75, 3.05) is 7.11 Å². The molecule has 37 heavy (non-hydrogen) atoms. The molecule has 0 aliphatic heterocycles. The van der Waals surface area contributed by atoms with Gasteiger partial charge in [0.05, 0.1) is 28.8 Å². The highest BCUT2D eigenvalue weighted by molar-refractivity contribution is 6.32. The Morgan fingerprint density at radius 1 is 1.19 bits per heavy atom. The number of halogens is 1. The van der Waals surface area contributed by atoms with Crippen LogP contribution in [0.2, 0.25) is 5.02 Å². The number of carboxylic acid groups (broad SMARTS) is 1. The number of fused-ring (bicyclic) bond motifs is 1. The first-order chi connectivity index (χ1) is 17.7. The van der Waals surface area contributed by atoms with Crippen molar-refractivity contribution in [1.29, 1.82) is 0 Å². The number of hydrazone groups is 1. The quantitative estimate of drug-likeness (QED) is 0.175. The second-order valence-electron chi connectivity index (χ2n) is 7.62. The van der Waals surface area contributed by atoms with Crippen molar-refractivity contribution in [2.24, 2.45) is 5.10 Å². The van der Waals surface area contributed by atoms with Crippen molar-refractivity contribution in [3.8, 4) is 11.5 Å². The number of nitro benzene ring substituents is 1. The van der Waals surface area contributed by atoms with Crippen molar-refractivity contribution in [1.82, 2.24) is 5.43 Å². The summed E-state index contributed by atoms with van der Waals surface area (Å²) >= 11 is 6.37. The Hall–Kier alpha value is -4.90. The molecule has 1 heterocycles. The maximum atomic E-state index is 12.4. The summed E-state index contributed by atoms with van der Waals surface area (Å²) in [6, 6.07) is 14.8. The molecule has 0 spiro atoms. The number of amides is 1. The van der Waals surface area contributed by atoms with Crippen LogP contribution in [-0.4, -0.2) is 35.2 Å². The Morgan fingerprint density at radius 3 is 2.73 bits per heavy atom. The van der Waals surface area contributed by atoms with E-state index in [9.17, 15) is 19.7 Å². The number of nitrogens with one attached hydrogen (secondary N) is 1. The van der Waals surface area contributed by atoms with Crippen LogP contribution in [0, 0.1) is 10.1 Å². The third kappa shape index (κ3) is 5.85. The number of non-ortho nitro benzene ring substituents is 1. The summed E-state index contributed by atoms with van der Waals surface area (Å²) in [4.78, 5) is 33.9. The van der Waals surface area contributed by atoms with Crippen LogP contribution in [0.15, 0.2) is 70.2 Å². The minimum absolute atomic E-state index is 0.0569. The molecule has 1 aromatic heterocycles. The molecule has 4 aromatic rings. The SMILES string of the molecule is COc1cc(/C=N\NC(=O)c2cc3cc([N+](=O)[O-])ccc3o2)cc(Cl)c1OCc1cccc(C(=O)O)c1. The summed E-state index contributed by atoms with van der Waals surface area (Å²) in [6.07, 6.45) is 1.33. The fourth-order valence-corrected chi connectivity index (χ4v) is 3.65. The zero-order valence-electron chi connectivity index (χ0n) is 19.1. The van der Waals surface area contributed by atoms with E-state index >= 15 is 0 Å². The van der Waals surface area contributed by atoms with Crippen LogP contribution in [0.25, 0.3) is 11.0 Å².